The predicted octanol–water partition coefficient (Wildman–Crippen LogP) is 1.52. The lowest BCUT2D eigenvalue weighted by Crippen LogP contribution is -2.40. The highest BCUT2D eigenvalue weighted by Gasteiger charge is 2.55. The molecule has 1 aromatic rings. The Labute approximate surface area is 133 Å². The summed E-state index contributed by atoms with van der Waals surface area (Å²) in [6.07, 6.45) is 0.736. The van der Waals surface area contributed by atoms with Crippen LogP contribution in [0.4, 0.5) is 5.69 Å². The summed E-state index contributed by atoms with van der Waals surface area (Å²) >= 11 is 0. The van der Waals surface area contributed by atoms with Gasteiger partial charge < -0.3 is 24.6 Å². The number of methoxy groups -OCH3 is 2. The molecule has 0 spiro atoms. The second kappa shape index (κ2) is 6.08. The number of benzene rings is 1. The SMILES string of the molecule is COc1ccc(NC(=O)[C@@H]2[C@@H](C(=O)O)[C@@H]3CC[C@H]2O3)cc1OC. The number of carboxylic acid groups (broad SMARTS) is 1. The molecule has 0 aliphatic carbocycles. The normalized spacial score (nSPS) is 28.4. The quantitative estimate of drug-likeness (QED) is 0.854. The highest BCUT2D eigenvalue weighted by molar-refractivity contribution is 5.96. The molecule has 2 N–H and O–H groups in total. The van der Waals surface area contributed by atoms with Crippen LogP contribution in [0.1, 0.15) is 12.8 Å². The number of carbonyl (C=O) groups excluding carboxylic acids is 1. The Bertz CT molecular complexity index is 631. The van der Waals surface area contributed by atoms with E-state index in [9.17, 15) is 14.7 Å². The van der Waals surface area contributed by atoms with Crippen molar-refractivity contribution in [2.24, 2.45) is 11.8 Å². The zero-order valence-corrected chi connectivity index (χ0v) is 12.9. The second-order valence-electron chi connectivity index (χ2n) is 5.74. The van der Waals surface area contributed by atoms with Crippen LogP contribution in [0.3, 0.4) is 0 Å². The highest BCUT2D eigenvalue weighted by Crippen LogP contribution is 2.44. The van der Waals surface area contributed by atoms with Crippen molar-refractivity contribution in [2.75, 3.05) is 19.5 Å². The molecule has 2 heterocycles. The molecule has 2 saturated heterocycles. The van der Waals surface area contributed by atoms with Gasteiger partial charge in [0.2, 0.25) is 5.91 Å². The molecular weight excluding hydrogens is 302 g/mol. The van der Waals surface area contributed by atoms with Crippen LogP contribution in [-0.2, 0) is 14.3 Å². The molecule has 124 valence electrons. The molecule has 0 saturated carbocycles. The number of anilines is 1. The van der Waals surface area contributed by atoms with E-state index in [1.54, 1.807) is 18.2 Å². The largest absolute Gasteiger partial charge is 0.493 e. The van der Waals surface area contributed by atoms with E-state index in [1.807, 2.05) is 0 Å². The number of carboxylic acids is 1. The first-order valence-corrected chi connectivity index (χ1v) is 7.46. The van der Waals surface area contributed by atoms with Gasteiger partial charge in [0, 0.05) is 11.8 Å². The van der Waals surface area contributed by atoms with Crippen LogP contribution in [0.15, 0.2) is 18.2 Å². The molecular formula is C16H19NO6. The first-order valence-electron chi connectivity index (χ1n) is 7.46. The number of amides is 1. The van der Waals surface area contributed by atoms with Gasteiger partial charge in [0.15, 0.2) is 11.5 Å². The van der Waals surface area contributed by atoms with Crippen molar-refractivity contribution in [3.8, 4) is 11.5 Å². The average Bonchev–Trinajstić information content (AvgIpc) is 3.15. The Morgan fingerprint density at radius 1 is 1.13 bits per heavy atom. The molecule has 0 unspecified atom stereocenters. The molecule has 2 bridgehead atoms. The number of hydrogen-bond donors (Lipinski definition) is 2. The molecule has 1 amide bonds. The summed E-state index contributed by atoms with van der Waals surface area (Å²) in [5.41, 5.74) is 0.527. The lowest BCUT2D eigenvalue weighted by Gasteiger charge is -2.24. The van der Waals surface area contributed by atoms with Gasteiger partial charge in [0.05, 0.1) is 38.3 Å². The van der Waals surface area contributed by atoms with Crippen molar-refractivity contribution in [3.05, 3.63) is 18.2 Å². The smallest absolute Gasteiger partial charge is 0.310 e. The Hall–Kier alpha value is -2.28. The average molecular weight is 321 g/mol. The van der Waals surface area contributed by atoms with Gasteiger partial charge in [-0.05, 0) is 25.0 Å². The first-order chi connectivity index (χ1) is 11.0. The lowest BCUT2D eigenvalue weighted by molar-refractivity contribution is -0.147. The van der Waals surface area contributed by atoms with Crippen molar-refractivity contribution in [1.82, 2.24) is 0 Å². The third kappa shape index (κ3) is 2.72. The van der Waals surface area contributed by atoms with E-state index in [2.05, 4.69) is 5.32 Å². The summed E-state index contributed by atoms with van der Waals surface area (Å²) in [5, 5.41) is 12.1. The summed E-state index contributed by atoms with van der Waals surface area (Å²) in [5.74, 6) is -1.73. The molecule has 2 aliphatic heterocycles. The van der Waals surface area contributed by atoms with Crippen molar-refractivity contribution in [3.63, 3.8) is 0 Å². The molecule has 3 rings (SSSR count). The fraction of sp³-hybridized carbons (Fsp3) is 0.500. The number of nitrogens with one attached hydrogen (secondary N) is 1. The number of ether oxygens (including phenoxy) is 3. The Balaban J connectivity index is 1.78. The monoisotopic (exact) mass is 321 g/mol. The molecule has 7 nitrogen and oxygen atoms in total. The Kier molecular flexibility index (Phi) is 4.12. The van der Waals surface area contributed by atoms with Gasteiger partial charge in [0.25, 0.3) is 0 Å². The molecule has 0 radical (unpaired) electrons. The third-order valence-electron chi connectivity index (χ3n) is 4.51. The molecule has 4 atom stereocenters. The van der Waals surface area contributed by atoms with Crippen molar-refractivity contribution < 1.29 is 28.9 Å². The predicted molar refractivity (Wildman–Crippen MR) is 80.7 cm³/mol. The van der Waals surface area contributed by atoms with E-state index in [0.717, 1.165) is 6.42 Å². The minimum absolute atomic E-state index is 0.318. The molecule has 1 aromatic carbocycles. The molecule has 23 heavy (non-hydrogen) atoms. The van der Waals surface area contributed by atoms with Crippen LogP contribution >= 0.6 is 0 Å². The summed E-state index contributed by atoms with van der Waals surface area (Å²) in [4.78, 5) is 24.0. The van der Waals surface area contributed by atoms with Crippen molar-refractivity contribution in [1.29, 1.82) is 0 Å². The summed E-state index contributed by atoms with van der Waals surface area (Å²) < 4.78 is 16.0. The zero-order valence-electron chi connectivity index (χ0n) is 12.9. The van der Waals surface area contributed by atoms with Crippen LogP contribution in [0, 0.1) is 11.8 Å². The number of carbonyl (C=O) groups is 2. The molecule has 2 fully saturated rings. The summed E-state index contributed by atoms with van der Waals surface area (Å²) in [7, 11) is 3.04. The van der Waals surface area contributed by atoms with E-state index >= 15 is 0 Å². The van der Waals surface area contributed by atoms with E-state index < -0.39 is 17.8 Å². The van der Waals surface area contributed by atoms with E-state index in [1.165, 1.54) is 14.2 Å². The first kappa shape index (κ1) is 15.6. The third-order valence-corrected chi connectivity index (χ3v) is 4.51. The molecule has 2 aliphatic rings. The van der Waals surface area contributed by atoms with Gasteiger partial charge >= 0.3 is 5.97 Å². The van der Waals surface area contributed by atoms with Gasteiger partial charge in [0.1, 0.15) is 0 Å². The Morgan fingerprint density at radius 3 is 2.39 bits per heavy atom. The zero-order chi connectivity index (χ0) is 16.6. The summed E-state index contributed by atoms with van der Waals surface area (Å²) in [6, 6.07) is 5.00. The Morgan fingerprint density at radius 2 is 1.78 bits per heavy atom. The maximum Gasteiger partial charge on any atom is 0.310 e. The van der Waals surface area contributed by atoms with Gasteiger partial charge in [-0.3, -0.25) is 9.59 Å². The fourth-order valence-corrected chi connectivity index (χ4v) is 3.46. The molecule has 0 aromatic heterocycles. The fourth-order valence-electron chi connectivity index (χ4n) is 3.46. The van der Waals surface area contributed by atoms with E-state index in [-0.39, 0.29) is 18.1 Å². The second-order valence-corrected chi connectivity index (χ2v) is 5.74. The van der Waals surface area contributed by atoms with Gasteiger partial charge in [-0.2, -0.15) is 0 Å². The summed E-state index contributed by atoms with van der Waals surface area (Å²) in [6.45, 7) is 0. The highest BCUT2D eigenvalue weighted by atomic mass is 16.5. The van der Waals surface area contributed by atoms with Crippen LogP contribution < -0.4 is 14.8 Å². The number of rotatable bonds is 5. The molecule has 7 heteroatoms. The van der Waals surface area contributed by atoms with Crippen LogP contribution in [0.2, 0.25) is 0 Å². The van der Waals surface area contributed by atoms with Gasteiger partial charge in [-0.15, -0.1) is 0 Å². The van der Waals surface area contributed by atoms with Crippen molar-refractivity contribution >= 4 is 17.6 Å². The minimum atomic E-state index is -0.982. The van der Waals surface area contributed by atoms with Crippen molar-refractivity contribution in [2.45, 2.75) is 25.0 Å². The van der Waals surface area contributed by atoms with Crippen LogP contribution in [0.25, 0.3) is 0 Å². The van der Waals surface area contributed by atoms with Gasteiger partial charge in [-0.1, -0.05) is 0 Å². The van der Waals surface area contributed by atoms with Crippen LogP contribution in [-0.4, -0.2) is 43.4 Å². The lowest BCUT2D eigenvalue weighted by atomic mass is 9.78. The number of hydrogen-bond acceptors (Lipinski definition) is 5. The maximum absolute atomic E-state index is 12.5. The minimum Gasteiger partial charge on any atom is -0.493 e. The van der Waals surface area contributed by atoms with E-state index in [4.69, 9.17) is 14.2 Å². The van der Waals surface area contributed by atoms with Crippen LogP contribution in [0.5, 0.6) is 11.5 Å². The standard InChI is InChI=1S/C16H19NO6/c1-21-9-4-3-8(7-12(9)22-2)17-15(18)13-10-5-6-11(23-10)14(13)16(19)20/h3-4,7,10-11,13-14H,5-6H2,1-2H3,(H,17,18)(H,19,20)/t10-,11+,13+,14+/m1/s1. The maximum atomic E-state index is 12.5. The number of aliphatic carboxylic acids is 1. The topological polar surface area (TPSA) is 94.1 Å². The van der Waals surface area contributed by atoms with Gasteiger partial charge in [-0.25, -0.2) is 0 Å². The number of fused-ring (bicyclic) bond motifs is 2. The van der Waals surface area contributed by atoms with E-state index in [0.29, 0.717) is 23.6 Å².